The molecule has 1 aromatic carbocycles. The lowest BCUT2D eigenvalue weighted by Crippen LogP contribution is -2.47. The number of nitrogens with two attached hydrogens (primary N) is 1. The molecular weight excluding hydrogens is 299 g/mol. The molecule has 0 radical (unpaired) electrons. The van der Waals surface area contributed by atoms with Gasteiger partial charge in [-0.05, 0) is 37.9 Å². The SMILES string of the molecule is NCCCNC(=O)C1CCCN(C(=O)Nc2ccccc2F)C1. The van der Waals surface area contributed by atoms with Crippen molar-refractivity contribution in [2.45, 2.75) is 19.3 Å². The molecule has 23 heavy (non-hydrogen) atoms. The van der Waals surface area contributed by atoms with E-state index in [2.05, 4.69) is 10.6 Å². The number of amides is 3. The summed E-state index contributed by atoms with van der Waals surface area (Å²) in [4.78, 5) is 25.9. The van der Waals surface area contributed by atoms with Crippen molar-refractivity contribution >= 4 is 17.6 Å². The van der Waals surface area contributed by atoms with Crippen LogP contribution >= 0.6 is 0 Å². The van der Waals surface area contributed by atoms with Crippen molar-refractivity contribution in [3.05, 3.63) is 30.1 Å². The molecule has 0 saturated carbocycles. The van der Waals surface area contributed by atoms with Crippen LogP contribution in [0.25, 0.3) is 0 Å². The molecule has 1 heterocycles. The number of nitrogens with zero attached hydrogens (tertiary/aromatic N) is 1. The first-order chi connectivity index (χ1) is 11.1. The van der Waals surface area contributed by atoms with Crippen LogP contribution in [0.3, 0.4) is 0 Å². The number of nitrogens with one attached hydrogen (secondary N) is 2. The fourth-order valence-corrected chi connectivity index (χ4v) is 2.59. The summed E-state index contributed by atoms with van der Waals surface area (Å²) in [5.41, 5.74) is 5.54. The Morgan fingerprint density at radius 1 is 1.35 bits per heavy atom. The van der Waals surface area contributed by atoms with Gasteiger partial charge in [0.25, 0.3) is 0 Å². The quantitative estimate of drug-likeness (QED) is 0.719. The molecule has 4 N–H and O–H groups in total. The number of benzene rings is 1. The van der Waals surface area contributed by atoms with Gasteiger partial charge in [-0.15, -0.1) is 0 Å². The molecule has 1 fully saturated rings. The van der Waals surface area contributed by atoms with E-state index in [9.17, 15) is 14.0 Å². The van der Waals surface area contributed by atoms with Crippen LogP contribution < -0.4 is 16.4 Å². The van der Waals surface area contributed by atoms with Gasteiger partial charge in [-0.3, -0.25) is 4.79 Å². The summed E-state index contributed by atoms with van der Waals surface area (Å²) >= 11 is 0. The van der Waals surface area contributed by atoms with Gasteiger partial charge in [0, 0.05) is 19.6 Å². The highest BCUT2D eigenvalue weighted by Gasteiger charge is 2.28. The van der Waals surface area contributed by atoms with Crippen molar-refractivity contribution in [1.29, 1.82) is 0 Å². The van der Waals surface area contributed by atoms with Gasteiger partial charge in [0.05, 0.1) is 11.6 Å². The largest absolute Gasteiger partial charge is 0.356 e. The number of hydrogen-bond donors (Lipinski definition) is 3. The van der Waals surface area contributed by atoms with E-state index in [1.165, 1.54) is 12.1 Å². The predicted octanol–water partition coefficient (Wildman–Crippen LogP) is 1.53. The summed E-state index contributed by atoms with van der Waals surface area (Å²) in [6.45, 7) is 1.98. The minimum Gasteiger partial charge on any atom is -0.356 e. The van der Waals surface area contributed by atoms with Gasteiger partial charge >= 0.3 is 6.03 Å². The molecule has 0 bridgehead atoms. The van der Waals surface area contributed by atoms with E-state index in [0.717, 1.165) is 19.3 Å². The van der Waals surface area contributed by atoms with Crippen molar-refractivity contribution in [1.82, 2.24) is 10.2 Å². The highest BCUT2D eigenvalue weighted by molar-refractivity contribution is 5.90. The second kappa shape index (κ2) is 8.47. The topological polar surface area (TPSA) is 87.5 Å². The molecule has 2 rings (SSSR count). The lowest BCUT2D eigenvalue weighted by Gasteiger charge is -2.32. The van der Waals surface area contributed by atoms with Crippen LogP contribution in [0.2, 0.25) is 0 Å². The molecule has 1 aliphatic rings. The highest BCUT2D eigenvalue weighted by Crippen LogP contribution is 2.19. The Hall–Kier alpha value is -2.15. The number of carbonyl (C=O) groups excluding carboxylic acids is 2. The van der Waals surface area contributed by atoms with E-state index >= 15 is 0 Å². The summed E-state index contributed by atoms with van der Waals surface area (Å²) in [5, 5.41) is 5.39. The molecule has 0 spiro atoms. The van der Waals surface area contributed by atoms with Crippen molar-refractivity contribution < 1.29 is 14.0 Å². The smallest absolute Gasteiger partial charge is 0.321 e. The first-order valence-corrected chi connectivity index (χ1v) is 7.90. The molecule has 1 aromatic rings. The van der Waals surface area contributed by atoms with Crippen molar-refractivity contribution in [3.63, 3.8) is 0 Å². The first kappa shape index (κ1) is 17.2. The van der Waals surface area contributed by atoms with E-state index in [4.69, 9.17) is 5.73 Å². The number of likely N-dealkylation sites (tertiary alicyclic amines) is 1. The number of hydrogen-bond acceptors (Lipinski definition) is 3. The minimum absolute atomic E-state index is 0.0539. The zero-order valence-corrected chi connectivity index (χ0v) is 13.1. The molecule has 1 aliphatic heterocycles. The number of piperidine rings is 1. The van der Waals surface area contributed by atoms with E-state index in [1.807, 2.05) is 0 Å². The van der Waals surface area contributed by atoms with Gasteiger partial charge in [0.2, 0.25) is 5.91 Å². The normalized spacial score (nSPS) is 17.7. The van der Waals surface area contributed by atoms with Crippen LogP contribution in [0, 0.1) is 11.7 Å². The summed E-state index contributed by atoms with van der Waals surface area (Å²) < 4.78 is 13.6. The Morgan fingerprint density at radius 3 is 2.87 bits per heavy atom. The molecule has 126 valence electrons. The third-order valence-corrected chi connectivity index (χ3v) is 3.87. The Balaban J connectivity index is 1.89. The number of halogens is 1. The summed E-state index contributed by atoms with van der Waals surface area (Å²) in [6.07, 6.45) is 2.23. The fourth-order valence-electron chi connectivity index (χ4n) is 2.59. The van der Waals surface area contributed by atoms with E-state index in [0.29, 0.717) is 26.2 Å². The highest BCUT2D eigenvalue weighted by atomic mass is 19.1. The number of carbonyl (C=O) groups is 2. The summed E-state index contributed by atoms with van der Waals surface area (Å²) in [6, 6.07) is 5.64. The zero-order chi connectivity index (χ0) is 16.7. The second-order valence-electron chi connectivity index (χ2n) is 5.63. The van der Waals surface area contributed by atoms with Crippen LogP contribution in [-0.2, 0) is 4.79 Å². The van der Waals surface area contributed by atoms with Crippen LogP contribution in [0.15, 0.2) is 24.3 Å². The second-order valence-corrected chi connectivity index (χ2v) is 5.63. The molecule has 3 amide bonds. The first-order valence-electron chi connectivity index (χ1n) is 7.90. The van der Waals surface area contributed by atoms with Gasteiger partial charge in [0.15, 0.2) is 0 Å². The maximum Gasteiger partial charge on any atom is 0.321 e. The van der Waals surface area contributed by atoms with Crippen LogP contribution in [0.5, 0.6) is 0 Å². The summed E-state index contributed by atoms with van der Waals surface area (Å²) in [5.74, 6) is -0.760. The van der Waals surface area contributed by atoms with Gasteiger partial charge in [-0.1, -0.05) is 12.1 Å². The molecule has 1 unspecified atom stereocenters. The van der Waals surface area contributed by atoms with Crippen molar-refractivity contribution in [3.8, 4) is 0 Å². The zero-order valence-electron chi connectivity index (χ0n) is 13.1. The van der Waals surface area contributed by atoms with Crippen LogP contribution in [-0.4, -0.2) is 43.0 Å². The Morgan fingerprint density at radius 2 is 2.13 bits per heavy atom. The molecule has 1 saturated heterocycles. The summed E-state index contributed by atoms with van der Waals surface area (Å²) in [7, 11) is 0. The van der Waals surface area contributed by atoms with E-state index in [1.54, 1.807) is 17.0 Å². The van der Waals surface area contributed by atoms with Crippen LogP contribution in [0.4, 0.5) is 14.9 Å². The van der Waals surface area contributed by atoms with Gasteiger partial charge in [-0.2, -0.15) is 0 Å². The van der Waals surface area contributed by atoms with E-state index < -0.39 is 5.82 Å². The number of urea groups is 1. The van der Waals surface area contributed by atoms with Gasteiger partial charge < -0.3 is 21.3 Å². The Bertz CT molecular complexity index is 553. The molecule has 1 atom stereocenters. The molecule has 7 heteroatoms. The van der Waals surface area contributed by atoms with Gasteiger partial charge in [0.1, 0.15) is 5.82 Å². The van der Waals surface area contributed by atoms with Crippen LogP contribution in [0.1, 0.15) is 19.3 Å². The average molecular weight is 322 g/mol. The average Bonchev–Trinajstić information content (AvgIpc) is 2.57. The molecular formula is C16H23FN4O2. The lowest BCUT2D eigenvalue weighted by atomic mass is 9.97. The minimum atomic E-state index is -0.478. The lowest BCUT2D eigenvalue weighted by molar-refractivity contribution is -0.126. The fraction of sp³-hybridized carbons (Fsp3) is 0.500. The Labute approximate surface area is 135 Å². The monoisotopic (exact) mass is 322 g/mol. The third-order valence-electron chi connectivity index (χ3n) is 3.87. The maximum absolute atomic E-state index is 13.6. The van der Waals surface area contributed by atoms with Gasteiger partial charge in [-0.25, -0.2) is 9.18 Å². The maximum atomic E-state index is 13.6. The number of para-hydroxylation sites is 1. The van der Waals surface area contributed by atoms with Crippen molar-refractivity contribution in [2.75, 3.05) is 31.5 Å². The predicted molar refractivity (Wildman–Crippen MR) is 86.4 cm³/mol. The number of anilines is 1. The number of rotatable bonds is 5. The molecule has 0 aromatic heterocycles. The van der Waals surface area contributed by atoms with Crippen molar-refractivity contribution in [2.24, 2.45) is 11.7 Å². The standard InChI is InChI=1S/C16H23FN4O2/c17-13-6-1-2-7-14(13)20-16(23)21-10-3-5-12(11-21)15(22)19-9-4-8-18/h1-2,6-7,12H,3-5,8-11,18H2,(H,19,22)(H,20,23). The van der Waals surface area contributed by atoms with E-state index in [-0.39, 0.29) is 23.5 Å². The molecule has 0 aliphatic carbocycles. The Kier molecular flexibility index (Phi) is 6.34. The molecule has 6 nitrogen and oxygen atoms in total. The third kappa shape index (κ3) is 4.92.